The van der Waals surface area contributed by atoms with Crippen molar-refractivity contribution in [3.05, 3.63) is 60.4 Å². The van der Waals surface area contributed by atoms with Gasteiger partial charge in [0.25, 0.3) is 0 Å². The first-order chi connectivity index (χ1) is 12.7. The molecule has 1 aromatic carbocycles. The van der Waals surface area contributed by atoms with E-state index in [0.717, 1.165) is 24.3 Å². The van der Waals surface area contributed by atoms with E-state index in [1.165, 1.54) is 0 Å². The van der Waals surface area contributed by atoms with Crippen molar-refractivity contribution >= 4 is 5.91 Å². The Balaban J connectivity index is 1.44. The molecule has 26 heavy (non-hydrogen) atoms. The number of aromatic nitrogens is 1. The molecule has 1 aliphatic carbocycles. The van der Waals surface area contributed by atoms with E-state index in [9.17, 15) is 9.90 Å². The van der Waals surface area contributed by atoms with Crippen molar-refractivity contribution in [2.75, 3.05) is 6.61 Å². The third-order valence-corrected chi connectivity index (χ3v) is 4.78. The quantitative estimate of drug-likeness (QED) is 0.679. The van der Waals surface area contributed by atoms with Crippen LogP contribution in [0.1, 0.15) is 31.4 Å². The van der Waals surface area contributed by atoms with Crippen LogP contribution >= 0.6 is 0 Å². The molecular formula is C21H26N2O3. The van der Waals surface area contributed by atoms with Gasteiger partial charge < -0.3 is 15.2 Å². The summed E-state index contributed by atoms with van der Waals surface area (Å²) in [6.45, 7) is 0.518. The van der Waals surface area contributed by atoms with Crippen LogP contribution in [0.15, 0.2) is 54.7 Å². The molecule has 138 valence electrons. The summed E-state index contributed by atoms with van der Waals surface area (Å²) >= 11 is 0. The lowest BCUT2D eigenvalue weighted by molar-refractivity contribution is -0.123. The average molecular weight is 354 g/mol. The minimum Gasteiger partial charge on any atom is -0.494 e. The average Bonchev–Trinajstić information content (AvgIpc) is 2.64. The number of carbonyl (C=O) groups is 1. The molecule has 1 fully saturated rings. The molecule has 1 heterocycles. The third kappa shape index (κ3) is 5.56. The van der Waals surface area contributed by atoms with E-state index < -0.39 is 0 Å². The van der Waals surface area contributed by atoms with Crippen LogP contribution in [0.2, 0.25) is 0 Å². The van der Waals surface area contributed by atoms with Gasteiger partial charge in [0, 0.05) is 30.8 Å². The second-order valence-electron chi connectivity index (χ2n) is 6.85. The lowest BCUT2D eigenvalue weighted by Crippen LogP contribution is -2.48. The first-order valence-electron chi connectivity index (χ1n) is 9.26. The highest BCUT2D eigenvalue weighted by Gasteiger charge is 2.34. The lowest BCUT2D eigenvalue weighted by Gasteiger charge is -2.38. The highest BCUT2D eigenvalue weighted by molar-refractivity contribution is 5.76. The van der Waals surface area contributed by atoms with Crippen LogP contribution in [0, 0.1) is 5.92 Å². The maximum Gasteiger partial charge on any atom is 0.220 e. The number of hydrogen-bond acceptors (Lipinski definition) is 4. The van der Waals surface area contributed by atoms with E-state index in [1.54, 1.807) is 6.20 Å². The summed E-state index contributed by atoms with van der Waals surface area (Å²) in [6.07, 6.45) is 4.83. The maximum atomic E-state index is 12.3. The van der Waals surface area contributed by atoms with Crippen molar-refractivity contribution in [3.8, 4) is 5.75 Å². The molecule has 5 nitrogen and oxygen atoms in total. The van der Waals surface area contributed by atoms with Gasteiger partial charge in [0.2, 0.25) is 5.91 Å². The Labute approximate surface area is 154 Å². The number of pyridine rings is 1. The zero-order chi connectivity index (χ0) is 18.2. The molecule has 1 saturated carbocycles. The number of nitrogens with zero attached hydrogens (tertiary/aromatic N) is 1. The summed E-state index contributed by atoms with van der Waals surface area (Å²) in [5.74, 6) is 1.17. The molecule has 1 unspecified atom stereocenters. The molecule has 0 spiro atoms. The number of amides is 1. The van der Waals surface area contributed by atoms with Gasteiger partial charge in [-0.2, -0.15) is 0 Å². The summed E-state index contributed by atoms with van der Waals surface area (Å²) in [7, 11) is 0. The zero-order valence-corrected chi connectivity index (χ0v) is 14.9. The number of aliphatic hydroxyl groups is 1. The number of rotatable bonds is 9. The van der Waals surface area contributed by atoms with Crippen LogP contribution < -0.4 is 10.1 Å². The Bertz CT molecular complexity index is 672. The molecule has 1 amide bonds. The highest BCUT2D eigenvalue weighted by Crippen LogP contribution is 2.31. The van der Waals surface area contributed by atoms with E-state index >= 15 is 0 Å². The normalized spacial score (nSPS) is 20.0. The number of carbonyl (C=O) groups excluding carboxylic acids is 1. The molecule has 0 saturated heterocycles. The Hall–Kier alpha value is -2.40. The van der Waals surface area contributed by atoms with E-state index in [-0.39, 0.29) is 18.1 Å². The fraction of sp³-hybridized carbons (Fsp3) is 0.429. The molecule has 1 atom stereocenters. The Morgan fingerprint density at radius 3 is 2.65 bits per heavy atom. The molecule has 3 rings (SSSR count). The minimum atomic E-state index is -0.234. The number of hydrogen-bond donors (Lipinski definition) is 2. The fourth-order valence-corrected chi connectivity index (χ4v) is 3.26. The summed E-state index contributed by atoms with van der Waals surface area (Å²) < 4.78 is 5.63. The molecular weight excluding hydrogens is 328 g/mol. The van der Waals surface area contributed by atoms with Gasteiger partial charge in [-0.25, -0.2) is 0 Å². The maximum absolute atomic E-state index is 12.3. The summed E-state index contributed by atoms with van der Waals surface area (Å²) in [5, 5.41) is 12.7. The van der Waals surface area contributed by atoms with Gasteiger partial charge in [-0.15, -0.1) is 0 Å². The number of nitrogens with one attached hydrogen (secondary N) is 1. The van der Waals surface area contributed by atoms with Gasteiger partial charge in [0.15, 0.2) is 0 Å². The Morgan fingerprint density at radius 1 is 1.19 bits per heavy atom. The van der Waals surface area contributed by atoms with E-state index in [4.69, 9.17) is 4.74 Å². The van der Waals surface area contributed by atoms with E-state index in [2.05, 4.69) is 10.3 Å². The number of aliphatic hydroxyl groups excluding tert-OH is 1. The number of ether oxygens (including phenoxy) is 1. The van der Waals surface area contributed by atoms with Crippen LogP contribution in [0.5, 0.6) is 5.75 Å². The van der Waals surface area contributed by atoms with Crippen LogP contribution in [0.3, 0.4) is 0 Å². The number of benzene rings is 1. The first kappa shape index (κ1) is 18.4. The third-order valence-electron chi connectivity index (χ3n) is 4.78. The zero-order valence-electron chi connectivity index (χ0n) is 14.9. The van der Waals surface area contributed by atoms with Crippen LogP contribution in [-0.4, -0.2) is 34.8 Å². The molecule has 1 aliphatic rings. The molecule has 0 radical (unpaired) electrons. The standard InChI is InChI=1S/C21H26N2O3/c24-18-13-16(14-18)20(15-17-7-4-5-11-22-17)23-21(25)10-6-12-26-19-8-2-1-3-9-19/h1-5,7-9,11,16,18,20,24H,6,10,12-15H2,(H,23,25). The lowest BCUT2D eigenvalue weighted by atomic mass is 9.76. The molecule has 5 heteroatoms. The molecule has 1 aromatic heterocycles. The fourth-order valence-electron chi connectivity index (χ4n) is 3.26. The van der Waals surface area contributed by atoms with E-state index in [1.807, 2.05) is 48.5 Å². The van der Waals surface area contributed by atoms with Crippen LogP contribution in [0.4, 0.5) is 0 Å². The SMILES string of the molecule is O=C(CCCOc1ccccc1)NC(Cc1ccccn1)C1CC(O)C1. The number of para-hydroxylation sites is 1. The van der Waals surface area contributed by atoms with Crippen molar-refractivity contribution in [2.45, 2.75) is 44.2 Å². The predicted octanol–water partition coefficient (Wildman–Crippen LogP) is 2.74. The second kappa shape index (κ2) is 9.34. The smallest absolute Gasteiger partial charge is 0.220 e. The van der Waals surface area contributed by atoms with Gasteiger partial charge in [-0.05, 0) is 49.4 Å². The minimum absolute atomic E-state index is 0.0239. The second-order valence-corrected chi connectivity index (χ2v) is 6.85. The van der Waals surface area contributed by atoms with Gasteiger partial charge in [0.1, 0.15) is 5.75 Å². The van der Waals surface area contributed by atoms with Gasteiger partial charge >= 0.3 is 0 Å². The molecule has 0 bridgehead atoms. The van der Waals surface area contributed by atoms with Crippen molar-refractivity contribution < 1.29 is 14.6 Å². The van der Waals surface area contributed by atoms with Gasteiger partial charge in [-0.1, -0.05) is 24.3 Å². The molecule has 0 aliphatic heterocycles. The van der Waals surface area contributed by atoms with Crippen LogP contribution in [-0.2, 0) is 11.2 Å². The summed E-state index contributed by atoms with van der Waals surface area (Å²) in [4.78, 5) is 16.7. The van der Waals surface area contributed by atoms with Gasteiger partial charge in [0.05, 0.1) is 12.7 Å². The topological polar surface area (TPSA) is 71.5 Å². The van der Waals surface area contributed by atoms with Crippen molar-refractivity contribution in [1.82, 2.24) is 10.3 Å². The van der Waals surface area contributed by atoms with Crippen molar-refractivity contribution in [3.63, 3.8) is 0 Å². The van der Waals surface area contributed by atoms with Crippen molar-refractivity contribution in [2.24, 2.45) is 5.92 Å². The van der Waals surface area contributed by atoms with Crippen molar-refractivity contribution in [1.29, 1.82) is 0 Å². The molecule has 2 aromatic rings. The first-order valence-corrected chi connectivity index (χ1v) is 9.26. The van der Waals surface area contributed by atoms with Gasteiger partial charge in [-0.3, -0.25) is 9.78 Å². The summed E-state index contributed by atoms with van der Waals surface area (Å²) in [6, 6.07) is 15.5. The Morgan fingerprint density at radius 2 is 1.96 bits per heavy atom. The Kier molecular flexibility index (Phi) is 6.61. The largest absolute Gasteiger partial charge is 0.494 e. The van der Waals surface area contributed by atoms with Crippen LogP contribution in [0.25, 0.3) is 0 Å². The highest BCUT2D eigenvalue weighted by atomic mass is 16.5. The molecule has 2 N–H and O–H groups in total. The monoisotopic (exact) mass is 354 g/mol. The predicted molar refractivity (Wildman–Crippen MR) is 99.8 cm³/mol. The van der Waals surface area contributed by atoms with E-state index in [0.29, 0.717) is 31.8 Å². The summed E-state index contributed by atoms with van der Waals surface area (Å²) in [5.41, 5.74) is 0.964.